The average molecular weight is 254 g/mol. The van der Waals surface area contributed by atoms with Crippen molar-refractivity contribution in [3.8, 4) is 0 Å². The van der Waals surface area contributed by atoms with Gasteiger partial charge in [-0.1, -0.05) is 6.08 Å². The number of carbonyl (C=O) groups is 2. The second kappa shape index (κ2) is 5.89. The molecule has 2 amide bonds. The summed E-state index contributed by atoms with van der Waals surface area (Å²) in [6.45, 7) is 6.87. The van der Waals surface area contributed by atoms with Gasteiger partial charge in [0.1, 0.15) is 0 Å². The molecule has 0 radical (unpaired) electrons. The highest BCUT2D eigenvalue weighted by molar-refractivity contribution is 5.78. The van der Waals surface area contributed by atoms with Crippen LogP contribution in [0.1, 0.15) is 26.2 Å². The third kappa shape index (κ3) is 3.24. The molecule has 102 valence electrons. The largest absolute Gasteiger partial charge is 0.481 e. The predicted molar refractivity (Wildman–Crippen MR) is 69.4 cm³/mol. The number of piperidine rings is 1. The highest BCUT2D eigenvalue weighted by atomic mass is 16.4. The highest BCUT2D eigenvalue weighted by Gasteiger charge is 2.39. The van der Waals surface area contributed by atoms with Crippen molar-refractivity contribution in [1.82, 2.24) is 9.80 Å². The van der Waals surface area contributed by atoms with E-state index >= 15 is 0 Å². The molecular weight excluding hydrogens is 232 g/mol. The molecule has 0 aliphatic carbocycles. The first-order valence-corrected chi connectivity index (χ1v) is 6.25. The van der Waals surface area contributed by atoms with E-state index in [1.807, 2.05) is 0 Å². The zero-order valence-corrected chi connectivity index (χ0v) is 11.2. The molecule has 5 heteroatoms. The van der Waals surface area contributed by atoms with Crippen LogP contribution in [-0.2, 0) is 4.79 Å². The molecular formula is C13H22N2O3. The third-order valence-electron chi connectivity index (χ3n) is 3.48. The molecule has 1 unspecified atom stereocenters. The maximum Gasteiger partial charge on any atom is 0.319 e. The summed E-state index contributed by atoms with van der Waals surface area (Å²) in [5.41, 5.74) is -0.812. The molecule has 1 atom stereocenters. The normalized spacial score (nSPS) is 23.6. The molecule has 18 heavy (non-hydrogen) atoms. The van der Waals surface area contributed by atoms with E-state index < -0.39 is 11.4 Å². The maximum absolute atomic E-state index is 12.1. The number of hydrogen-bond donors (Lipinski definition) is 1. The fourth-order valence-electron chi connectivity index (χ4n) is 2.20. The van der Waals surface area contributed by atoms with Crippen molar-refractivity contribution in [2.45, 2.75) is 26.2 Å². The number of hydrogen-bond acceptors (Lipinski definition) is 2. The first-order chi connectivity index (χ1) is 8.40. The number of amides is 2. The lowest BCUT2D eigenvalue weighted by Gasteiger charge is -2.39. The molecule has 0 spiro atoms. The van der Waals surface area contributed by atoms with Gasteiger partial charge < -0.3 is 14.9 Å². The summed E-state index contributed by atoms with van der Waals surface area (Å²) < 4.78 is 0. The number of carbonyl (C=O) groups excluding carboxylic acids is 1. The summed E-state index contributed by atoms with van der Waals surface area (Å²) in [6, 6.07) is -0.0935. The van der Waals surface area contributed by atoms with E-state index in [4.69, 9.17) is 0 Å². The van der Waals surface area contributed by atoms with Gasteiger partial charge in [-0.2, -0.15) is 0 Å². The molecule has 1 heterocycles. The van der Waals surface area contributed by atoms with E-state index in [9.17, 15) is 14.7 Å². The number of aliphatic carboxylic acids is 1. The van der Waals surface area contributed by atoms with Gasteiger partial charge in [0.25, 0.3) is 0 Å². The molecule has 1 rings (SSSR count). The van der Waals surface area contributed by atoms with Crippen molar-refractivity contribution in [1.29, 1.82) is 0 Å². The van der Waals surface area contributed by atoms with Crippen LogP contribution in [0.4, 0.5) is 4.79 Å². The van der Waals surface area contributed by atoms with Crippen LogP contribution >= 0.6 is 0 Å². The van der Waals surface area contributed by atoms with Gasteiger partial charge >= 0.3 is 12.0 Å². The fourth-order valence-corrected chi connectivity index (χ4v) is 2.20. The van der Waals surface area contributed by atoms with Gasteiger partial charge in [-0.05, 0) is 26.2 Å². The third-order valence-corrected chi connectivity index (χ3v) is 3.48. The molecule has 5 nitrogen and oxygen atoms in total. The van der Waals surface area contributed by atoms with Crippen LogP contribution in [0.2, 0.25) is 0 Å². The molecule has 0 saturated carbocycles. The number of nitrogens with zero attached hydrogens (tertiary/aromatic N) is 2. The van der Waals surface area contributed by atoms with E-state index in [-0.39, 0.29) is 6.03 Å². The Hall–Kier alpha value is -1.52. The molecule has 1 N–H and O–H groups in total. The Bertz CT molecular complexity index is 343. The van der Waals surface area contributed by atoms with E-state index in [1.54, 1.807) is 29.8 Å². The van der Waals surface area contributed by atoms with Gasteiger partial charge in [-0.25, -0.2) is 4.79 Å². The number of carboxylic acids is 1. The first kappa shape index (κ1) is 14.5. The molecule has 1 saturated heterocycles. The standard InChI is InChI=1S/C13H22N2O3/c1-4-5-8-14(3)12(18)15-9-6-7-13(2,10-15)11(16)17/h4H,1,5-10H2,2-3H3,(H,16,17). The zero-order valence-electron chi connectivity index (χ0n) is 11.2. The van der Waals surface area contributed by atoms with Gasteiger partial charge in [-0.3, -0.25) is 4.79 Å². The Labute approximate surface area is 108 Å². The van der Waals surface area contributed by atoms with Crippen molar-refractivity contribution >= 4 is 12.0 Å². The Morgan fingerprint density at radius 3 is 2.78 bits per heavy atom. The Balaban J connectivity index is 2.63. The van der Waals surface area contributed by atoms with Crippen LogP contribution in [0, 0.1) is 5.41 Å². The topological polar surface area (TPSA) is 60.9 Å². The van der Waals surface area contributed by atoms with Gasteiger partial charge in [0.2, 0.25) is 0 Å². The highest BCUT2D eigenvalue weighted by Crippen LogP contribution is 2.30. The van der Waals surface area contributed by atoms with Crippen LogP contribution < -0.4 is 0 Å². The smallest absolute Gasteiger partial charge is 0.319 e. The second-order valence-corrected chi connectivity index (χ2v) is 5.17. The molecule has 0 aromatic heterocycles. The molecule has 0 aromatic carbocycles. The van der Waals surface area contributed by atoms with Crippen LogP contribution in [0.25, 0.3) is 0 Å². The molecule has 1 fully saturated rings. The minimum absolute atomic E-state index is 0.0935. The lowest BCUT2D eigenvalue weighted by molar-refractivity contribution is -0.150. The SMILES string of the molecule is C=CCCN(C)C(=O)N1CCCC(C)(C(=O)O)C1. The monoisotopic (exact) mass is 254 g/mol. The number of rotatable bonds is 4. The fraction of sp³-hybridized carbons (Fsp3) is 0.692. The van der Waals surface area contributed by atoms with Crippen molar-refractivity contribution in [2.24, 2.45) is 5.41 Å². The minimum atomic E-state index is -0.825. The van der Waals surface area contributed by atoms with Gasteiger partial charge in [0, 0.05) is 26.7 Å². The van der Waals surface area contributed by atoms with Crippen LogP contribution in [0.5, 0.6) is 0 Å². The van der Waals surface area contributed by atoms with Crippen molar-refractivity contribution in [2.75, 3.05) is 26.7 Å². The molecule has 1 aliphatic heterocycles. The lowest BCUT2D eigenvalue weighted by atomic mass is 9.82. The summed E-state index contributed by atoms with van der Waals surface area (Å²) >= 11 is 0. The van der Waals surface area contributed by atoms with Crippen molar-refractivity contribution in [3.63, 3.8) is 0 Å². The van der Waals surface area contributed by atoms with Crippen LogP contribution in [0.15, 0.2) is 12.7 Å². The average Bonchev–Trinajstić information content (AvgIpc) is 2.34. The molecule has 0 bridgehead atoms. The Morgan fingerprint density at radius 1 is 1.56 bits per heavy atom. The number of urea groups is 1. The first-order valence-electron chi connectivity index (χ1n) is 6.25. The Kier molecular flexibility index (Phi) is 4.76. The molecule has 1 aliphatic rings. The van der Waals surface area contributed by atoms with Crippen LogP contribution in [-0.4, -0.2) is 53.6 Å². The van der Waals surface area contributed by atoms with E-state index in [0.29, 0.717) is 26.1 Å². The summed E-state index contributed by atoms with van der Waals surface area (Å²) in [5.74, 6) is -0.825. The van der Waals surface area contributed by atoms with Gasteiger partial charge in [-0.15, -0.1) is 6.58 Å². The van der Waals surface area contributed by atoms with Crippen LogP contribution in [0.3, 0.4) is 0 Å². The summed E-state index contributed by atoms with van der Waals surface area (Å²) in [5, 5.41) is 9.21. The van der Waals surface area contributed by atoms with Gasteiger partial charge in [0.05, 0.1) is 5.41 Å². The van der Waals surface area contributed by atoms with E-state index in [0.717, 1.165) is 12.8 Å². The van der Waals surface area contributed by atoms with E-state index in [1.165, 1.54) is 0 Å². The number of carboxylic acid groups (broad SMARTS) is 1. The number of likely N-dealkylation sites (tertiary alicyclic amines) is 1. The van der Waals surface area contributed by atoms with Crippen molar-refractivity contribution < 1.29 is 14.7 Å². The van der Waals surface area contributed by atoms with Gasteiger partial charge in [0.15, 0.2) is 0 Å². The predicted octanol–water partition coefficient (Wildman–Crippen LogP) is 1.80. The maximum atomic E-state index is 12.1. The molecule has 0 aromatic rings. The summed E-state index contributed by atoms with van der Waals surface area (Å²) in [6.07, 6.45) is 3.87. The quantitative estimate of drug-likeness (QED) is 0.778. The summed E-state index contributed by atoms with van der Waals surface area (Å²) in [7, 11) is 1.73. The lowest BCUT2D eigenvalue weighted by Crippen LogP contribution is -2.51. The van der Waals surface area contributed by atoms with E-state index in [2.05, 4.69) is 6.58 Å². The summed E-state index contributed by atoms with van der Waals surface area (Å²) in [4.78, 5) is 26.6. The van der Waals surface area contributed by atoms with Crippen molar-refractivity contribution in [3.05, 3.63) is 12.7 Å². The minimum Gasteiger partial charge on any atom is -0.481 e. The Morgan fingerprint density at radius 2 is 2.22 bits per heavy atom. The second-order valence-electron chi connectivity index (χ2n) is 5.17. The zero-order chi connectivity index (χ0) is 13.8.